The third-order valence-corrected chi connectivity index (χ3v) is 3.22. The van der Waals surface area contributed by atoms with E-state index < -0.39 is 0 Å². The molecule has 0 fully saturated rings. The molecule has 0 atom stereocenters. The monoisotopic (exact) mass is 299 g/mol. The molecule has 116 valence electrons. The first-order valence-electron chi connectivity index (χ1n) is 7.19. The molecule has 1 aromatic carbocycles. The molecule has 0 aliphatic rings. The quantitative estimate of drug-likeness (QED) is 0.798. The predicted octanol–water partition coefficient (Wildman–Crippen LogP) is 2.41. The van der Waals surface area contributed by atoms with E-state index in [1.54, 1.807) is 31.3 Å². The van der Waals surface area contributed by atoms with Gasteiger partial charge in [-0.15, -0.1) is 0 Å². The number of nitrogens with zero attached hydrogens (tertiary/aromatic N) is 2. The molecular weight excluding hydrogens is 278 g/mol. The van der Waals surface area contributed by atoms with Crippen LogP contribution in [0.4, 0.5) is 5.69 Å². The van der Waals surface area contributed by atoms with Crippen molar-refractivity contribution in [3.8, 4) is 0 Å². The van der Waals surface area contributed by atoms with Crippen molar-refractivity contribution in [2.45, 2.75) is 6.54 Å². The Labute approximate surface area is 130 Å². The molecule has 0 bridgehead atoms. The molecule has 0 radical (unpaired) electrons. The highest BCUT2D eigenvalue weighted by Gasteiger charge is 2.13. The number of methoxy groups -OCH3 is 1. The topological polar surface area (TPSA) is 54.5 Å². The molecule has 0 saturated carbocycles. The minimum atomic E-state index is -0.0979. The number of carbonyl (C=O) groups excluding carboxylic acids is 1. The zero-order chi connectivity index (χ0) is 15.8. The van der Waals surface area contributed by atoms with E-state index in [0.717, 1.165) is 11.3 Å². The number of rotatable bonds is 7. The summed E-state index contributed by atoms with van der Waals surface area (Å²) in [6.07, 6.45) is 1.64. The summed E-state index contributed by atoms with van der Waals surface area (Å²) >= 11 is 0. The maximum Gasteiger partial charge on any atom is 0.272 e. The lowest BCUT2D eigenvalue weighted by Gasteiger charge is -2.17. The highest BCUT2D eigenvalue weighted by molar-refractivity contribution is 5.92. The van der Waals surface area contributed by atoms with Crippen LogP contribution in [-0.4, -0.2) is 43.1 Å². The first kappa shape index (κ1) is 16.0. The standard InChI is InChI=1S/C17H21N3O2/c1-20(13-14-6-4-3-5-7-14)17(21)16-12-15(8-9-19-16)18-10-11-22-2/h3-9,12H,10-11,13H2,1-2H3,(H,18,19). The summed E-state index contributed by atoms with van der Waals surface area (Å²) in [5.74, 6) is -0.0979. The molecule has 1 aromatic heterocycles. The van der Waals surface area contributed by atoms with Gasteiger partial charge in [0.15, 0.2) is 0 Å². The van der Waals surface area contributed by atoms with E-state index in [1.807, 2.05) is 36.4 Å². The Morgan fingerprint density at radius 3 is 2.77 bits per heavy atom. The van der Waals surface area contributed by atoms with Gasteiger partial charge in [-0.3, -0.25) is 9.78 Å². The SMILES string of the molecule is COCCNc1ccnc(C(=O)N(C)Cc2ccccc2)c1. The van der Waals surface area contributed by atoms with Gasteiger partial charge in [-0.1, -0.05) is 30.3 Å². The molecule has 0 saturated heterocycles. The zero-order valence-corrected chi connectivity index (χ0v) is 13.0. The maximum absolute atomic E-state index is 12.4. The molecule has 0 unspecified atom stereocenters. The Hall–Kier alpha value is -2.40. The lowest BCUT2D eigenvalue weighted by atomic mass is 10.2. The van der Waals surface area contributed by atoms with Gasteiger partial charge in [-0.05, 0) is 17.7 Å². The Balaban J connectivity index is 2.00. The minimum Gasteiger partial charge on any atom is -0.383 e. The van der Waals surface area contributed by atoms with Gasteiger partial charge in [-0.2, -0.15) is 0 Å². The van der Waals surface area contributed by atoms with Crippen LogP contribution in [0.25, 0.3) is 0 Å². The van der Waals surface area contributed by atoms with E-state index in [4.69, 9.17) is 4.74 Å². The molecule has 5 heteroatoms. The fraction of sp³-hybridized carbons (Fsp3) is 0.294. The minimum absolute atomic E-state index is 0.0979. The van der Waals surface area contributed by atoms with Crippen molar-refractivity contribution >= 4 is 11.6 Å². The van der Waals surface area contributed by atoms with Gasteiger partial charge in [0.1, 0.15) is 5.69 Å². The van der Waals surface area contributed by atoms with Crippen LogP contribution in [-0.2, 0) is 11.3 Å². The summed E-state index contributed by atoms with van der Waals surface area (Å²) in [7, 11) is 3.43. The number of pyridine rings is 1. The van der Waals surface area contributed by atoms with Crippen molar-refractivity contribution in [3.63, 3.8) is 0 Å². The second-order valence-electron chi connectivity index (χ2n) is 5.00. The molecule has 5 nitrogen and oxygen atoms in total. The number of aromatic nitrogens is 1. The summed E-state index contributed by atoms with van der Waals surface area (Å²) in [5, 5.41) is 3.19. The first-order valence-corrected chi connectivity index (χ1v) is 7.19. The van der Waals surface area contributed by atoms with E-state index >= 15 is 0 Å². The van der Waals surface area contributed by atoms with Crippen LogP contribution in [0.3, 0.4) is 0 Å². The molecule has 22 heavy (non-hydrogen) atoms. The van der Waals surface area contributed by atoms with Crippen LogP contribution in [0.5, 0.6) is 0 Å². The molecule has 0 aliphatic carbocycles. The Kier molecular flexibility index (Phi) is 5.91. The average Bonchev–Trinajstić information content (AvgIpc) is 2.55. The van der Waals surface area contributed by atoms with Gasteiger partial charge in [0.25, 0.3) is 5.91 Å². The van der Waals surface area contributed by atoms with E-state index in [-0.39, 0.29) is 5.91 Å². The van der Waals surface area contributed by atoms with Crippen LogP contribution < -0.4 is 5.32 Å². The van der Waals surface area contributed by atoms with Crippen molar-refractivity contribution in [2.24, 2.45) is 0 Å². The van der Waals surface area contributed by atoms with Crippen LogP contribution in [0.1, 0.15) is 16.1 Å². The Morgan fingerprint density at radius 1 is 1.27 bits per heavy atom. The van der Waals surface area contributed by atoms with Gasteiger partial charge in [0.05, 0.1) is 6.61 Å². The maximum atomic E-state index is 12.4. The largest absolute Gasteiger partial charge is 0.383 e. The summed E-state index contributed by atoms with van der Waals surface area (Å²) < 4.78 is 4.99. The summed E-state index contributed by atoms with van der Waals surface area (Å²) in [6, 6.07) is 13.5. The van der Waals surface area contributed by atoms with Gasteiger partial charge in [0.2, 0.25) is 0 Å². The van der Waals surface area contributed by atoms with Crippen molar-refractivity contribution < 1.29 is 9.53 Å². The second kappa shape index (κ2) is 8.14. The third kappa shape index (κ3) is 4.56. The van der Waals surface area contributed by atoms with E-state index in [2.05, 4.69) is 10.3 Å². The van der Waals surface area contributed by atoms with Crippen molar-refractivity contribution in [1.29, 1.82) is 0 Å². The lowest BCUT2D eigenvalue weighted by Crippen LogP contribution is -2.27. The van der Waals surface area contributed by atoms with Gasteiger partial charge in [0, 0.05) is 39.1 Å². The molecular formula is C17H21N3O2. The van der Waals surface area contributed by atoms with Crippen LogP contribution in [0.2, 0.25) is 0 Å². The molecule has 0 aliphatic heterocycles. The zero-order valence-electron chi connectivity index (χ0n) is 13.0. The van der Waals surface area contributed by atoms with Crippen LogP contribution >= 0.6 is 0 Å². The number of anilines is 1. The fourth-order valence-corrected chi connectivity index (χ4v) is 2.08. The Morgan fingerprint density at radius 2 is 2.05 bits per heavy atom. The molecule has 1 N–H and O–H groups in total. The average molecular weight is 299 g/mol. The fourth-order valence-electron chi connectivity index (χ4n) is 2.08. The van der Waals surface area contributed by atoms with Crippen molar-refractivity contribution in [2.75, 3.05) is 32.6 Å². The van der Waals surface area contributed by atoms with Crippen LogP contribution in [0, 0.1) is 0 Å². The summed E-state index contributed by atoms with van der Waals surface area (Å²) in [6.45, 7) is 1.86. The van der Waals surface area contributed by atoms with Crippen molar-refractivity contribution in [3.05, 3.63) is 59.9 Å². The number of amides is 1. The first-order chi connectivity index (χ1) is 10.7. The normalized spacial score (nSPS) is 10.3. The summed E-state index contributed by atoms with van der Waals surface area (Å²) in [5.41, 5.74) is 2.39. The number of benzene rings is 1. The predicted molar refractivity (Wildman–Crippen MR) is 86.8 cm³/mol. The molecule has 2 rings (SSSR count). The summed E-state index contributed by atoms with van der Waals surface area (Å²) in [4.78, 5) is 18.3. The third-order valence-electron chi connectivity index (χ3n) is 3.22. The van der Waals surface area contributed by atoms with E-state index in [0.29, 0.717) is 25.4 Å². The van der Waals surface area contributed by atoms with Gasteiger partial charge >= 0.3 is 0 Å². The number of hydrogen-bond donors (Lipinski definition) is 1. The highest BCUT2D eigenvalue weighted by Crippen LogP contribution is 2.11. The highest BCUT2D eigenvalue weighted by atomic mass is 16.5. The van der Waals surface area contributed by atoms with Crippen molar-refractivity contribution in [1.82, 2.24) is 9.88 Å². The number of hydrogen-bond acceptors (Lipinski definition) is 4. The van der Waals surface area contributed by atoms with E-state index in [1.165, 1.54) is 0 Å². The molecule has 0 spiro atoms. The second-order valence-corrected chi connectivity index (χ2v) is 5.00. The Bertz CT molecular complexity index is 602. The lowest BCUT2D eigenvalue weighted by molar-refractivity contribution is 0.0779. The number of carbonyl (C=O) groups is 1. The van der Waals surface area contributed by atoms with Crippen LogP contribution in [0.15, 0.2) is 48.7 Å². The molecule has 2 aromatic rings. The molecule has 1 amide bonds. The van der Waals surface area contributed by atoms with Gasteiger partial charge in [-0.25, -0.2) is 0 Å². The number of nitrogens with one attached hydrogen (secondary N) is 1. The smallest absolute Gasteiger partial charge is 0.272 e. The number of ether oxygens (including phenoxy) is 1. The molecule has 1 heterocycles. The van der Waals surface area contributed by atoms with Gasteiger partial charge < -0.3 is 15.0 Å². The van der Waals surface area contributed by atoms with E-state index in [9.17, 15) is 4.79 Å².